The first-order valence-corrected chi connectivity index (χ1v) is 5.00. The number of nitrogens with one attached hydrogen (secondary N) is 1. The highest BCUT2D eigenvalue weighted by Gasteiger charge is 2.04. The molecule has 0 saturated carbocycles. The molecule has 4 nitrogen and oxygen atoms in total. The predicted octanol–water partition coefficient (Wildman–Crippen LogP) is 1.63. The van der Waals surface area contributed by atoms with Gasteiger partial charge in [-0.25, -0.2) is 4.79 Å². The van der Waals surface area contributed by atoms with Crippen molar-refractivity contribution in [3.63, 3.8) is 0 Å². The molecule has 0 aromatic heterocycles. The lowest BCUT2D eigenvalue weighted by Crippen LogP contribution is -2.19. The number of rotatable bonds is 4. The van der Waals surface area contributed by atoms with E-state index in [0.29, 0.717) is 18.2 Å². The van der Waals surface area contributed by atoms with Crippen molar-refractivity contribution in [2.45, 2.75) is 19.3 Å². The SMILES string of the molecule is CC(CCN)c1ccc(NC(N)=O)cc1. The van der Waals surface area contributed by atoms with Crippen LogP contribution >= 0.6 is 0 Å². The highest BCUT2D eigenvalue weighted by Crippen LogP contribution is 2.20. The molecule has 0 aliphatic carbocycles. The van der Waals surface area contributed by atoms with E-state index in [1.54, 1.807) is 0 Å². The molecule has 0 bridgehead atoms. The number of primary amides is 1. The third-order valence-corrected chi connectivity index (χ3v) is 2.35. The van der Waals surface area contributed by atoms with Crippen molar-refractivity contribution in [3.05, 3.63) is 29.8 Å². The molecule has 0 heterocycles. The molecule has 1 unspecified atom stereocenters. The average molecular weight is 207 g/mol. The molecule has 15 heavy (non-hydrogen) atoms. The Labute approximate surface area is 89.6 Å². The molecule has 1 aromatic rings. The molecule has 5 N–H and O–H groups in total. The normalized spacial score (nSPS) is 12.1. The highest BCUT2D eigenvalue weighted by atomic mass is 16.2. The zero-order valence-electron chi connectivity index (χ0n) is 8.86. The fourth-order valence-corrected chi connectivity index (χ4v) is 1.45. The van der Waals surface area contributed by atoms with Crippen LogP contribution in [0.25, 0.3) is 0 Å². The minimum Gasteiger partial charge on any atom is -0.351 e. The second-order valence-electron chi connectivity index (χ2n) is 3.59. The van der Waals surface area contributed by atoms with Crippen molar-refractivity contribution in [1.29, 1.82) is 0 Å². The average Bonchev–Trinajstić information content (AvgIpc) is 2.18. The Morgan fingerprint density at radius 3 is 2.47 bits per heavy atom. The summed E-state index contributed by atoms with van der Waals surface area (Å²) in [6.45, 7) is 2.81. The first-order valence-electron chi connectivity index (χ1n) is 5.00. The van der Waals surface area contributed by atoms with E-state index in [1.165, 1.54) is 5.56 Å². The lowest BCUT2D eigenvalue weighted by atomic mass is 9.98. The van der Waals surface area contributed by atoms with E-state index >= 15 is 0 Å². The Hall–Kier alpha value is -1.55. The Morgan fingerprint density at radius 2 is 2.00 bits per heavy atom. The number of hydrogen-bond donors (Lipinski definition) is 3. The summed E-state index contributed by atoms with van der Waals surface area (Å²) in [5.41, 5.74) is 12.4. The van der Waals surface area contributed by atoms with E-state index in [4.69, 9.17) is 11.5 Å². The molecular formula is C11H17N3O. The van der Waals surface area contributed by atoms with E-state index in [9.17, 15) is 4.79 Å². The van der Waals surface area contributed by atoms with Crippen LogP contribution in [0.5, 0.6) is 0 Å². The van der Waals surface area contributed by atoms with Crippen LogP contribution in [0.15, 0.2) is 24.3 Å². The van der Waals surface area contributed by atoms with Crippen LogP contribution in [-0.4, -0.2) is 12.6 Å². The quantitative estimate of drug-likeness (QED) is 0.701. The largest absolute Gasteiger partial charge is 0.351 e. The van der Waals surface area contributed by atoms with Gasteiger partial charge < -0.3 is 16.8 Å². The van der Waals surface area contributed by atoms with Gasteiger partial charge in [-0.3, -0.25) is 0 Å². The van der Waals surface area contributed by atoms with Gasteiger partial charge in [-0.2, -0.15) is 0 Å². The summed E-state index contributed by atoms with van der Waals surface area (Å²) in [4.78, 5) is 10.6. The summed E-state index contributed by atoms with van der Waals surface area (Å²) in [5.74, 6) is 0.442. The monoisotopic (exact) mass is 207 g/mol. The first-order chi connectivity index (χ1) is 7.13. The maximum absolute atomic E-state index is 10.6. The van der Waals surface area contributed by atoms with E-state index in [2.05, 4.69) is 12.2 Å². The molecule has 1 aromatic carbocycles. The lowest BCUT2D eigenvalue weighted by molar-refractivity contribution is 0.259. The number of carbonyl (C=O) groups is 1. The summed E-state index contributed by atoms with van der Waals surface area (Å²) in [6.07, 6.45) is 0.961. The number of anilines is 1. The molecule has 0 fully saturated rings. The molecule has 2 amide bonds. The van der Waals surface area contributed by atoms with Gasteiger partial charge in [0.1, 0.15) is 0 Å². The minimum absolute atomic E-state index is 0.442. The summed E-state index contributed by atoms with van der Waals surface area (Å²) in [6, 6.07) is 7.09. The summed E-state index contributed by atoms with van der Waals surface area (Å²) < 4.78 is 0. The van der Waals surface area contributed by atoms with E-state index in [0.717, 1.165) is 6.42 Å². The molecule has 82 valence electrons. The number of urea groups is 1. The van der Waals surface area contributed by atoms with Gasteiger partial charge in [0.2, 0.25) is 0 Å². The smallest absolute Gasteiger partial charge is 0.316 e. The van der Waals surface area contributed by atoms with Gasteiger partial charge in [-0.05, 0) is 36.6 Å². The molecule has 0 aliphatic heterocycles. The zero-order chi connectivity index (χ0) is 11.3. The van der Waals surface area contributed by atoms with Gasteiger partial charge in [0, 0.05) is 5.69 Å². The second kappa shape index (κ2) is 5.36. The van der Waals surface area contributed by atoms with Crippen LogP contribution in [0.4, 0.5) is 10.5 Å². The summed E-state index contributed by atoms with van der Waals surface area (Å²) >= 11 is 0. The van der Waals surface area contributed by atoms with Crippen LogP contribution in [0.2, 0.25) is 0 Å². The second-order valence-corrected chi connectivity index (χ2v) is 3.59. The molecule has 1 rings (SSSR count). The van der Waals surface area contributed by atoms with Crippen molar-refractivity contribution in [1.82, 2.24) is 0 Å². The molecule has 0 spiro atoms. The van der Waals surface area contributed by atoms with Gasteiger partial charge in [-0.15, -0.1) is 0 Å². The molecular weight excluding hydrogens is 190 g/mol. The number of nitrogens with two attached hydrogens (primary N) is 2. The molecule has 4 heteroatoms. The third kappa shape index (κ3) is 3.59. The number of hydrogen-bond acceptors (Lipinski definition) is 2. The molecule has 1 atom stereocenters. The van der Waals surface area contributed by atoms with Gasteiger partial charge in [0.05, 0.1) is 0 Å². The Morgan fingerprint density at radius 1 is 1.40 bits per heavy atom. The van der Waals surface area contributed by atoms with E-state index in [1.807, 2.05) is 24.3 Å². The predicted molar refractivity (Wildman–Crippen MR) is 61.7 cm³/mol. The molecule has 0 radical (unpaired) electrons. The van der Waals surface area contributed by atoms with Crippen LogP contribution < -0.4 is 16.8 Å². The Kier molecular flexibility index (Phi) is 4.12. The highest BCUT2D eigenvalue weighted by molar-refractivity contribution is 5.87. The van der Waals surface area contributed by atoms with Gasteiger partial charge in [0.15, 0.2) is 0 Å². The number of benzene rings is 1. The van der Waals surface area contributed by atoms with Crippen LogP contribution in [0, 0.1) is 0 Å². The van der Waals surface area contributed by atoms with Gasteiger partial charge in [-0.1, -0.05) is 19.1 Å². The lowest BCUT2D eigenvalue weighted by Gasteiger charge is -2.11. The van der Waals surface area contributed by atoms with Crippen molar-refractivity contribution < 1.29 is 4.79 Å². The Balaban J connectivity index is 2.67. The van der Waals surface area contributed by atoms with Crippen LogP contribution in [-0.2, 0) is 0 Å². The third-order valence-electron chi connectivity index (χ3n) is 2.35. The van der Waals surface area contributed by atoms with Crippen molar-refractivity contribution in [3.8, 4) is 0 Å². The maximum atomic E-state index is 10.6. The van der Waals surface area contributed by atoms with E-state index < -0.39 is 6.03 Å². The van der Waals surface area contributed by atoms with Gasteiger partial charge >= 0.3 is 6.03 Å². The van der Waals surface area contributed by atoms with Gasteiger partial charge in [0.25, 0.3) is 0 Å². The molecule has 0 saturated heterocycles. The zero-order valence-corrected chi connectivity index (χ0v) is 8.86. The van der Waals surface area contributed by atoms with Crippen molar-refractivity contribution >= 4 is 11.7 Å². The van der Waals surface area contributed by atoms with Crippen LogP contribution in [0.3, 0.4) is 0 Å². The maximum Gasteiger partial charge on any atom is 0.316 e. The Bertz CT molecular complexity index is 321. The number of carbonyl (C=O) groups excluding carboxylic acids is 1. The number of amides is 2. The fourth-order valence-electron chi connectivity index (χ4n) is 1.45. The standard InChI is InChI=1S/C11H17N3O/c1-8(6-7-12)9-2-4-10(5-3-9)14-11(13)15/h2-5,8H,6-7,12H2,1H3,(H3,13,14,15). The first kappa shape index (κ1) is 11.5. The van der Waals surface area contributed by atoms with E-state index in [-0.39, 0.29) is 0 Å². The van der Waals surface area contributed by atoms with Crippen LogP contribution in [0.1, 0.15) is 24.8 Å². The summed E-state index contributed by atoms with van der Waals surface area (Å²) in [5, 5.41) is 2.52. The minimum atomic E-state index is -0.544. The summed E-state index contributed by atoms with van der Waals surface area (Å²) in [7, 11) is 0. The van der Waals surface area contributed by atoms with Crippen molar-refractivity contribution in [2.24, 2.45) is 11.5 Å². The molecule has 0 aliphatic rings. The topological polar surface area (TPSA) is 81.1 Å². The fraction of sp³-hybridized carbons (Fsp3) is 0.364. The van der Waals surface area contributed by atoms with Crippen molar-refractivity contribution in [2.75, 3.05) is 11.9 Å².